The lowest BCUT2D eigenvalue weighted by Gasteiger charge is -2.31. The fourth-order valence-corrected chi connectivity index (χ4v) is 4.17. The van der Waals surface area contributed by atoms with Gasteiger partial charge in [-0.15, -0.1) is 0 Å². The van der Waals surface area contributed by atoms with E-state index in [1.807, 2.05) is 30.3 Å². The molecule has 1 N–H and O–H groups in total. The number of piperidine rings is 1. The molecule has 0 bridgehead atoms. The van der Waals surface area contributed by atoms with E-state index in [4.69, 9.17) is 0 Å². The highest BCUT2D eigenvalue weighted by atomic mass is 16.2. The van der Waals surface area contributed by atoms with Crippen molar-refractivity contribution in [2.45, 2.75) is 50.9 Å². The summed E-state index contributed by atoms with van der Waals surface area (Å²) < 4.78 is 0. The van der Waals surface area contributed by atoms with Crippen LogP contribution in [0, 0.1) is 5.92 Å². The third kappa shape index (κ3) is 3.75. The fraction of sp³-hybridized carbons (Fsp3) is 0.550. The summed E-state index contributed by atoms with van der Waals surface area (Å²) in [6.45, 7) is 1.69. The molecule has 1 aliphatic carbocycles. The molecule has 0 radical (unpaired) electrons. The second kappa shape index (κ2) is 7.38. The van der Waals surface area contributed by atoms with Crippen LogP contribution in [0.4, 0.5) is 0 Å². The number of aromatic nitrogens is 3. The zero-order valence-electron chi connectivity index (χ0n) is 14.7. The average Bonchev–Trinajstić information content (AvgIpc) is 3.34. The van der Waals surface area contributed by atoms with Gasteiger partial charge in [0.25, 0.3) is 0 Å². The van der Waals surface area contributed by atoms with Gasteiger partial charge >= 0.3 is 0 Å². The molecule has 1 amide bonds. The van der Waals surface area contributed by atoms with Gasteiger partial charge in [0.1, 0.15) is 5.82 Å². The average molecular weight is 338 g/mol. The highest BCUT2D eigenvalue weighted by Crippen LogP contribution is 2.30. The van der Waals surface area contributed by atoms with Crippen LogP contribution in [0.2, 0.25) is 0 Å². The second-order valence-corrected chi connectivity index (χ2v) is 7.42. The van der Waals surface area contributed by atoms with Gasteiger partial charge in [-0.05, 0) is 31.6 Å². The van der Waals surface area contributed by atoms with Crippen LogP contribution >= 0.6 is 0 Å². The van der Waals surface area contributed by atoms with Crippen LogP contribution in [0.5, 0.6) is 0 Å². The minimum Gasteiger partial charge on any atom is -0.343 e. The largest absolute Gasteiger partial charge is 0.343 e. The molecule has 132 valence electrons. The summed E-state index contributed by atoms with van der Waals surface area (Å²) >= 11 is 0. The Bertz CT molecular complexity index is 697. The first-order valence-electron chi connectivity index (χ1n) is 9.55. The van der Waals surface area contributed by atoms with Crippen molar-refractivity contribution in [2.24, 2.45) is 5.92 Å². The van der Waals surface area contributed by atoms with Crippen molar-refractivity contribution < 1.29 is 4.79 Å². The van der Waals surface area contributed by atoms with E-state index in [0.717, 1.165) is 49.6 Å². The van der Waals surface area contributed by atoms with Crippen molar-refractivity contribution in [3.05, 3.63) is 36.2 Å². The topological polar surface area (TPSA) is 61.9 Å². The Kier molecular flexibility index (Phi) is 4.81. The lowest BCUT2D eigenvalue weighted by Crippen LogP contribution is -2.38. The third-order valence-electron chi connectivity index (χ3n) is 5.71. The van der Waals surface area contributed by atoms with E-state index in [2.05, 4.69) is 20.1 Å². The summed E-state index contributed by atoms with van der Waals surface area (Å²) in [6.07, 6.45) is 7.78. The molecule has 5 nitrogen and oxygen atoms in total. The van der Waals surface area contributed by atoms with Crippen LogP contribution in [0.15, 0.2) is 30.3 Å². The quantitative estimate of drug-likeness (QED) is 0.923. The van der Waals surface area contributed by atoms with Gasteiger partial charge in [-0.25, -0.2) is 4.98 Å². The maximum absolute atomic E-state index is 12.5. The Morgan fingerprint density at radius 2 is 1.80 bits per heavy atom. The molecule has 1 aromatic heterocycles. The molecular weight excluding hydrogens is 312 g/mol. The number of hydrogen-bond donors (Lipinski definition) is 1. The Morgan fingerprint density at radius 3 is 2.52 bits per heavy atom. The Morgan fingerprint density at radius 1 is 1.08 bits per heavy atom. The summed E-state index contributed by atoms with van der Waals surface area (Å²) in [6, 6.07) is 10.0. The SMILES string of the molecule is O=C(CC1CCCC1)N1CCC(c2nc(-c3ccccc3)n[nH]2)CC1. The van der Waals surface area contributed by atoms with E-state index >= 15 is 0 Å². The predicted octanol–water partition coefficient (Wildman–Crippen LogP) is 3.76. The molecule has 1 aromatic carbocycles. The van der Waals surface area contributed by atoms with Gasteiger partial charge < -0.3 is 4.90 Å². The monoisotopic (exact) mass is 338 g/mol. The smallest absolute Gasteiger partial charge is 0.222 e. The maximum atomic E-state index is 12.5. The Hall–Kier alpha value is -2.17. The minimum atomic E-state index is 0.355. The molecule has 0 atom stereocenters. The van der Waals surface area contributed by atoms with E-state index in [-0.39, 0.29) is 0 Å². The highest BCUT2D eigenvalue weighted by Gasteiger charge is 2.28. The number of carbonyl (C=O) groups excluding carboxylic acids is 1. The molecule has 0 spiro atoms. The molecule has 0 unspecified atom stereocenters. The summed E-state index contributed by atoms with van der Waals surface area (Å²) in [5, 5.41) is 7.48. The number of nitrogens with zero attached hydrogens (tertiary/aromatic N) is 3. The third-order valence-corrected chi connectivity index (χ3v) is 5.71. The van der Waals surface area contributed by atoms with E-state index in [1.165, 1.54) is 25.7 Å². The van der Waals surface area contributed by atoms with Crippen molar-refractivity contribution in [3.63, 3.8) is 0 Å². The van der Waals surface area contributed by atoms with E-state index < -0.39 is 0 Å². The number of likely N-dealkylation sites (tertiary alicyclic amines) is 1. The number of aromatic amines is 1. The molecule has 2 aliphatic rings. The molecule has 4 rings (SSSR count). The van der Waals surface area contributed by atoms with Gasteiger partial charge in [0.15, 0.2) is 5.82 Å². The molecule has 1 saturated heterocycles. The van der Waals surface area contributed by atoms with Crippen molar-refractivity contribution in [3.8, 4) is 11.4 Å². The molecule has 5 heteroatoms. The first-order valence-corrected chi connectivity index (χ1v) is 9.55. The van der Waals surface area contributed by atoms with Crippen LogP contribution in [0.1, 0.15) is 56.7 Å². The van der Waals surface area contributed by atoms with Crippen LogP contribution in [0.3, 0.4) is 0 Å². The summed E-state index contributed by atoms with van der Waals surface area (Å²) in [4.78, 5) is 19.2. The molecule has 1 saturated carbocycles. The fourth-order valence-electron chi connectivity index (χ4n) is 4.17. The number of nitrogens with one attached hydrogen (secondary N) is 1. The first-order chi connectivity index (χ1) is 12.3. The Balaban J connectivity index is 1.33. The standard InChI is InChI=1S/C20H26N4O/c25-18(14-15-6-4-5-7-15)24-12-10-17(11-13-24)20-21-19(22-23-20)16-8-2-1-3-9-16/h1-3,8-9,15,17H,4-7,10-14H2,(H,21,22,23). The van der Waals surface area contributed by atoms with Crippen LogP contribution in [-0.2, 0) is 4.79 Å². The number of carbonyl (C=O) groups is 1. The van der Waals surface area contributed by atoms with Gasteiger partial charge in [0.2, 0.25) is 5.91 Å². The van der Waals surface area contributed by atoms with Gasteiger partial charge in [0.05, 0.1) is 0 Å². The molecule has 2 heterocycles. The molecular formula is C20H26N4O. The van der Waals surface area contributed by atoms with Crippen molar-refractivity contribution >= 4 is 5.91 Å². The van der Waals surface area contributed by atoms with Crippen molar-refractivity contribution in [1.29, 1.82) is 0 Å². The zero-order valence-corrected chi connectivity index (χ0v) is 14.7. The summed E-state index contributed by atoms with van der Waals surface area (Å²) in [5.41, 5.74) is 1.04. The maximum Gasteiger partial charge on any atom is 0.222 e. The van der Waals surface area contributed by atoms with Crippen LogP contribution in [-0.4, -0.2) is 39.1 Å². The van der Waals surface area contributed by atoms with E-state index in [0.29, 0.717) is 17.7 Å². The van der Waals surface area contributed by atoms with Gasteiger partial charge in [-0.3, -0.25) is 9.89 Å². The molecule has 2 fully saturated rings. The lowest BCUT2D eigenvalue weighted by atomic mass is 9.95. The summed E-state index contributed by atoms with van der Waals surface area (Å²) in [7, 11) is 0. The number of benzene rings is 1. The van der Waals surface area contributed by atoms with E-state index in [9.17, 15) is 4.79 Å². The molecule has 1 aliphatic heterocycles. The zero-order chi connectivity index (χ0) is 17.1. The number of amides is 1. The Labute approximate surface area is 148 Å². The second-order valence-electron chi connectivity index (χ2n) is 7.42. The molecule has 25 heavy (non-hydrogen) atoms. The summed E-state index contributed by atoms with van der Waals surface area (Å²) in [5.74, 6) is 3.08. The first kappa shape index (κ1) is 16.3. The van der Waals surface area contributed by atoms with Crippen molar-refractivity contribution in [2.75, 3.05) is 13.1 Å². The van der Waals surface area contributed by atoms with E-state index in [1.54, 1.807) is 0 Å². The predicted molar refractivity (Wildman–Crippen MR) is 96.9 cm³/mol. The van der Waals surface area contributed by atoms with Gasteiger partial charge in [0, 0.05) is 31.0 Å². The van der Waals surface area contributed by atoms with Crippen LogP contribution < -0.4 is 0 Å². The van der Waals surface area contributed by atoms with Gasteiger partial charge in [-0.1, -0.05) is 43.2 Å². The lowest BCUT2D eigenvalue weighted by molar-refractivity contribution is -0.133. The van der Waals surface area contributed by atoms with Crippen LogP contribution in [0.25, 0.3) is 11.4 Å². The number of hydrogen-bond acceptors (Lipinski definition) is 3. The molecule has 2 aromatic rings. The number of rotatable bonds is 4. The highest BCUT2D eigenvalue weighted by molar-refractivity contribution is 5.76. The van der Waals surface area contributed by atoms with Crippen molar-refractivity contribution in [1.82, 2.24) is 20.1 Å². The minimum absolute atomic E-state index is 0.355. The van der Waals surface area contributed by atoms with Gasteiger partial charge in [-0.2, -0.15) is 5.10 Å². The normalized spacial score (nSPS) is 19.4. The number of H-pyrrole nitrogens is 1.